The van der Waals surface area contributed by atoms with E-state index in [4.69, 9.17) is 0 Å². The van der Waals surface area contributed by atoms with E-state index in [2.05, 4.69) is 5.32 Å². The molecule has 23 heavy (non-hydrogen) atoms. The van der Waals surface area contributed by atoms with Crippen LogP contribution in [0.15, 0.2) is 0 Å². The Morgan fingerprint density at radius 2 is 1.74 bits per heavy atom. The molecule has 6 heteroatoms. The van der Waals surface area contributed by atoms with Gasteiger partial charge in [0.25, 0.3) is 5.91 Å². The predicted molar refractivity (Wildman–Crippen MR) is 83.5 cm³/mol. The van der Waals surface area contributed by atoms with E-state index in [1.165, 1.54) is 17.7 Å². The molecule has 0 bridgehead atoms. The van der Waals surface area contributed by atoms with Gasteiger partial charge in [-0.05, 0) is 31.6 Å². The van der Waals surface area contributed by atoms with E-state index in [0.717, 1.165) is 38.6 Å². The molecule has 1 unspecified atom stereocenters. The van der Waals surface area contributed by atoms with Crippen LogP contribution in [0.25, 0.3) is 0 Å². The van der Waals surface area contributed by atoms with Crippen molar-refractivity contribution in [3.8, 4) is 0 Å². The van der Waals surface area contributed by atoms with Gasteiger partial charge in [-0.3, -0.25) is 14.5 Å². The molecule has 2 saturated carbocycles. The number of amides is 4. The predicted octanol–water partition coefficient (Wildman–Crippen LogP) is 1.50. The zero-order valence-corrected chi connectivity index (χ0v) is 13.6. The van der Waals surface area contributed by atoms with Gasteiger partial charge in [-0.1, -0.05) is 19.3 Å². The minimum absolute atomic E-state index is 0.0599. The van der Waals surface area contributed by atoms with Crippen molar-refractivity contribution in [2.24, 2.45) is 11.8 Å². The number of hydrogen-bond acceptors (Lipinski definition) is 3. The number of carbonyl (C=O) groups excluding carboxylic acids is 3. The lowest BCUT2D eigenvalue weighted by molar-refractivity contribution is -0.133. The van der Waals surface area contributed by atoms with E-state index in [9.17, 15) is 14.4 Å². The molecule has 4 fully saturated rings. The first-order chi connectivity index (χ1) is 11.1. The molecular weight excluding hydrogens is 294 g/mol. The first-order valence-corrected chi connectivity index (χ1v) is 8.99. The van der Waals surface area contributed by atoms with Crippen LogP contribution in [0.1, 0.15) is 51.4 Å². The third kappa shape index (κ3) is 2.72. The molecule has 126 valence electrons. The SMILES string of the molecule is O=C1CC(CN2C(=O)NC3(CCCCC3)C2=O)CN1CC1CC1. The highest BCUT2D eigenvalue weighted by atomic mass is 16.2. The largest absolute Gasteiger partial charge is 0.342 e. The summed E-state index contributed by atoms with van der Waals surface area (Å²) in [5.41, 5.74) is -0.647. The maximum absolute atomic E-state index is 12.8. The third-order valence-corrected chi connectivity index (χ3v) is 5.86. The van der Waals surface area contributed by atoms with Crippen LogP contribution < -0.4 is 5.32 Å². The van der Waals surface area contributed by atoms with E-state index >= 15 is 0 Å². The van der Waals surface area contributed by atoms with Gasteiger partial charge in [0, 0.05) is 32.0 Å². The van der Waals surface area contributed by atoms with Gasteiger partial charge in [0.1, 0.15) is 5.54 Å². The van der Waals surface area contributed by atoms with E-state index in [1.807, 2.05) is 4.90 Å². The smallest absolute Gasteiger partial charge is 0.325 e. The second kappa shape index (κ2) is 5.49. The zero-order valence-electron chi connectivity index (χ0n) is 13.6. The first-order valence-electron chi connectivity index (χ1n) is 8.99. The van der Waals surface area contributed by atoms with Crippen molar-refractivity contribution in [1.29, 1.82) is 0 Å². The Morgan fingerprint density at radius 3 is 2.43 bits per heavy atom. The van der Waals surface area contributed by atoms with Gasteiger partial charge in [0.15, 0.2) is 0 Å². The Hall–Kier alpha value is -1.59. The number of imide groups is 1. The van der Waals surface area contributed by atoms with Crippen molar-refractivity contribution >= 4 is 17.8 Å². The maximum atomic E-state index is 12.8. The van der Waals surface area contributed by atoms with Gasteiger partial charge < -0.3 is 10.2 Å². The minimum Gasteiger partial charge on any atom is -0.342 e. The summed E-state index contributed by atoms with van der Waals surface area (Å²) >= 11 is 0. The first kappa shape index (κ1) is 15.0. The molecule has 4 rings (SSSR count). The molecule has 6 nitrogen and oxygen atoms in total. The highest BCUT2D eigenvalue weighted by molar-refractivity contribution is 6.07. The van der Waals surface area contributed by atoms with Crippen LogP contribution in [-0.2, 0) is 9.59 Å². The molecule has 0 radical (unpaired) electrons. The van der Waals surface area contributed by atoms with E-state index in [1.54, 1.807) is 0 Å². The molecule has 1 spiro atoms. The number of nitrogens with zero attached hydrogens (tertiary/aromatic N) is 2. The summed E-state index contributed by atoms with van der Waals surface area (Å²) in [5.74, 6) is 0.895. The summed E-state index contributed by atoms with van der Waals surface area (Å²) in [6.45, 7) is 1.94. The topological polar surface area (TPSA) is 69.7 Å². The molecule has 2 heterocycles. The number of carbonyl (C=O) groups is 3. The molecule has 1 N–H and O–H groups in total. The fourth-order valence-corrected chi connectivity index (χ4v) is 4.36. The van der Waals surface area contributed by atoms with Gasteiger partial charge in [-0.15, -0.1) is 0 Å². The van der Waals surface area contributed by atoms with Gasteiger partial charge >= 0.3 is 6.03 Å². The lowest BCUT2D eigenvalue weighted by atomic mass is 9.81. The number of hydrogen-bond donors (Lipinski definition) is 1. The summed E-state index contributed by atoms with van der Waals surface area (Å²) in [5, 5.41) is 2.95. The average Bonchev–Trinajstić information content (AvgIpc) is 3.24. The standard InChI is InChI=1S/C17H25N3O3/c21-14-8-13(10-19(14)9-12-4-5-12)11-20-15(22)17(18-16(20)23)6-2-1-3-7-17/h12-13H,1-11H2,(H,18,23). The Morgan fingerprint density at radius 1 is 1.00 bits per heavy atom. The molecule has 1 atom stereocenters. The number of rotatable bonds is 4. The summed E-state index contributed by atoms with van der Waals surface area (Å²) in [4.78, 5) is 40.5. The molecule has 0 aromatic heterocycles. The molecular formula is C17H25N3O3. The van der Waals surface area contributed by atoms with Crippen LogP contribution in [0, 0.1) is 11.8 Å². The molecule has 4 aliphatic rings. The zero-order chi connectivity index (χ0) is 16.0. The van der Waals surface area contributed by atoms with Crippen molar-refractivity contribution in [3.05, 3.63) is 0 Å². The molecule has 0 aromatic rings. The molecule has 2 saturated heterocycles. The second-order valence-electron chi connectivity index (χ2n) is 7.80. The average molecular weight is 319 g/mol. The highest BCUT2D eigenvalue weighted by Crippen LogP contribution is 2.35. The minimum atomic E-state index is -0.647. The molecule has 2 aliphatic heterocycles. The van der Waals surface area contributed by atoms with Gasteiger partial charge in [0.2, 0.25) is 5.91 Å². The Kier molecular flexibility index (Phi) is 3.58. The summed E-state index contributed by atoms with van der Waals surface area (Å²) in [6.07, 6.45) is 7.56. The van der Waals surface area contributed by atoms with Gasteiger partial charge in [-0.2, -0.15) is 0 Å². The third-order valence-electron chi connectivity index (χ3n) is 5.86. The number of urea groups is 1. The summed E-state index contributed by atoms with van der Waals surface area (Å²) in [6, 6.07) is -0.259. The van der Waals surface area contributed by atoms with E-state index < -0.39 is 5.54 Å². The molecule has 4 amide bonds. The van der Waals surface area contributed by atoms with Crippen molar-refractivity contribution in [2.75, 3.05) is 19.6 Å². The van der Waals surface area contributed by atoms with Crippen LogP contribution >= 0.6 is 0 Å². The quantitative estimate of drug-likeness (QED) is 0.798. The van der Waals surface area contributed by atoms with Crippen LogP contribution in [0.2, 0.25) is 0 Å². The fraction of sp³-hybridized carbons (Fsp3) is 0.824. The summed E-state index contributed by atoms with van der Waals surface area (Å²) in [7, 11) is 0. The lowest BCUT2D eigenvalue weighted by Crippen LogP contribution is -2.48. The van der Waals surface area contributed by atoms with Gasteiger partial charge in [0.05, 0.1) is 0 Å². The van der Waals surface area contributed by atoms with Gasteiger partial charge in [-0.25, -0.2) is 4.79 Å². The van der Waals surface area contributed by atoms with E-state index in [0.29, 0.717) is 25.4 Å². The fourth-order valence-electron chi connectivity index (χ4n) is 4.36. The van der Waals surface area contributed by atoms with Crippen molar-refractivity contribution in [3.63, 3.8) is 0 Å². The second-order valence-corrected chi connectivity index (χ2v) is 7.80. The van der Waals surface area contributed by atoms with Crippen LogP contribution in [0.4, 0.5) is 4.79 Å². The number of nitrogens with one attached hydrogen (secondary N) is 1. The van der Waals surface area contributed by atoms with Crippen LogP contribution in [0.3, 0.4) is 0 Å². The normalized spacial score (nSPS) is 30.4. The number of likely N-dealkylation sites (tertiary alicyclic amines) is 1. The molecule has 0 aromatic carbocycles. The highest BCUT2D eigenvalue weighted by Gasteiger charge is 2.52. The monoisotopic (exact) mass is 319 g/mol. The maximum Gasteiger partial charge on any atom is 0.325 e. The van der Waals surface area contributed by atoms with Crippen molar-refractivity contribution in [1.82, 2.24) is 15.1 Å². The Balaban J connectivity index is 1.39. The Bertz CT molecular complexity index is 537. The van der Waals surface area contributed by atoms with Crippen LogP contribution in [0.5, 0.6) is 0 Å². The van der Waals surface area contributed by atoms with Crippen molar-refractivity contribution in [2.45, 2.75) is 56.9 Å². The lowest BCUT2D eigenvalue weighted by Gasteiger charge is -2.30. The van der Waals surface area contributed by atoms with E-state index in [-0.39, 0.29) is 23.8 Å². The van der Waals surface area contributed by atoms with Crippen molar-refractivity contribution < 1.29 is 14.4 Å². The Labute approximate surface area is 136 Å². The molecule has 2 aliphatic carbocycles. The summed E-state index contributed by atoms with van der Waals surface area (Å²) < 4.78 is 0. The van der Waals surface area contributed by atoms with Crippen LogP contribution in [-0.4, -0.2) is 52.8 Å².